The van der Waals surface area contributed by atoms with E-state index in [2.05, 4.69) is 10.2 Å². The van der Waals surface area contributed by atoms with Gasteiger partial charge in [0, 0.05) is 24.2 Å². The predicted octanol–water partition coefficient (Wildman–Crippen LogP) is 3.72. The van der Waals surface area contributed by atoms with Crippen LogP contribution < -0.4 is 5.32 Å². The molecule has 1 fully saturated rings. The summed E-state index contributed by atoms with van der Waals surface area (Å²) >= 11 is 7.41. The number of amides is 1. The quantitative estimate of drug-likeness (QED) is 0.449. The number of hydrogen-bond acceptors (Lipinski definition) is 7. The van der Waals surface area contributed by atoms with Gasteiger partial charge in [-0.1, -0.05) is 41.6 Å². The zero-order valence-corrected chi connectivity index (χ0v) is 18.2. The number of ether oxygens (including phenoxy) is 1. The van der Waals surface area contributed by atoms with Crippen molar-refractivity contribution in [2.75, 3.05) is 37.4 Å². The molecular weight excluding hydrogens is 434 g/mol. The van der Waals surface area contributed by atoms with Crippen LogP contribution in [0, 0.1) is 11.3 Å². The second kappa shape index (κ2) is 10.1. The van der Waals surface area contributed by atoms with E-state index in [9.17, 15) is 4.79 Å². The van der Waals surface area contributed by atoms with E-state index in [1.165, 1.54) is 11.8 Å². The highest BCUT2D eigenvalue weighted by molar-refractivity contribution is 8.00. The highest BCUT2D eigenvalue weighted by Crippen LogP contribution is 2.26. The molecule has 4 rings (SSSR count). The lowest BCUT2D eigenvalue weighted by Gasteiger charge is -2.25. The average Bonchev–Trinajstić information content (AvgIpc) is 2.78. The number of hydrogen-bond donors (Lipinski definition) is 1. The Morgan fingerprint density at radius 3 is 2.81 bits per heavy atom. The monoisotopic (exact) mass is 453 g/mol. The highest BCUT2D eigenvalue weighted by Gasteiger charge is 2.15. The second-order valence-electron chi connectivity index (χ2n) is 6.99. The van der Waals surface area contributed by atoms with Crippen molar-refractivity contribution >= 4 is 45.9 Å². The molecule has 0 bridgehead atoms. The third-order valence-corrected chi connectivity index (χ3v) is 6.10. The number of aromatic nitrogens is 2. The molecule has 0 unspecified atom stereocenters. The summed E-state index contributed by atoms with van der Waals surface area (Å²) < 4.78 is 5.41. The van der Waals surface area contributed by atoms with Gasteiger partial charge in [-0.15, -0.1) is 0 Å². The van der Waals surface area contributed by atoms with Crippen LogP contribution in [-0.2, 0) is 16.1 Å². The third kappa shape index (κ3) is 5.51. The lowest BCUT2D eigenvalue weighted by Crippen LogP contribution is -2.36. The van der Waals surface area contributed by atoms with Crippen LogP contribution in [0.15, 0.2) is 47.5 Å². The number of nitrogens with zero attached hydrogens (tertiary/aromatic N) is 4. The molecule has 2 heterocycles. The summed E-state index contributed by atoms with van der Waals surface area (Å²) in [5.41, 5.74) is 1.78. The molecule has 0 spiro atoms. The SMILES string of the molecule is N#Cc1ccc(NC(=O)CSc2nc(CN3CCOCC3)nc3ccccc23)cc1Cl. The van der Waals surface area contributed by atoms with E-state index >= 15 is 0 Å². The maximum atomic E-state index is 12.5. The van der Waals surface area contributed by atoms with Crippen LogP contribution in [0.5, 0.6) is 0 Å². The molecule has 1 saturated heterocycles. The Morgan fingerprint density at radius 2 is 2.03 bits per heavy atom. The average molecular weight is 454 g/mol. The molecule has 7 nitrogen and oxygen atoms in total. The van der Waals surface area contributed by atoms with Gasteiger partial charge in [0.15, 0.2) is 0 Å². The Balaban J connectivity index is 1.47. The molecular formula is C22H20ClN5O2S. The summed E-state index contributed by atoms with van der Waals surface area (Å²) in [6.45, 7) is 3.80. The lowest BCUT2D eigenvalue weighted by molar-refractivity contribution is -0.113. The number of morpholine rings is 1. The second-order valence-corrected chi connectivity index (χ2v) is 8.37. The van der Waals surface area contributed by atoms with E-state index in [0.717, 1.165) is 34.8 Å². The number of thioether (sulfide) groups is 1. The zero-order chi connectivity index (χ0) is 21.6. The number of anilines is 1. The molecule has 158 valence electrons. The predicted molar refractivity (Wildman–Crippen MR) is 121 cm³/mol. The first-order valence-corrected chi connectivity index (χ1v) is 11.2. The summed E-state index contributed by atoms with van der Waals surface area (Å²) in [5.74, 6) is 0.751. The maximum Gasteiger partial charge on any atom is 0.234 e. The molecule has 0 radical (unpaired) electrons. The molecule has 0 atom stereocenters. The van der Waals surface area contributed by atoms with Crippen molar-refractivity contribution in [2.45, 2.75) is 11.6 Å². The molecule has 0 aliphatic carbocycles. The van der Waals surface area contributed by atoms with Crippen LogP contribution >= 0.6 is 23.4 Å². The number of nitriles is 1. The molecule has 3 aromatic rings. The first-order chi connectivity index (χ1) is 15.1. The van der Waals surface area contributed by atoms with Crippen molar-refractivity contribution in [3.8, 4) is 6.07 Å². The van der Waals surface area contributed by atoms with Gasteiger partial charge in [0.1, 0.15) is 16.9 Å². The molecule has 1 aliphatic rings. The summed E-state index contributed by atoms with van der Waals surface area (Å²) in [6, 6.07) is 14.6. The Bertz CT molecular complexity index is 1140. The van der Waals surface area contributed by atoms with Crippen LogP contribution in [0.1, 0.15) is 11.4 Å². The van der Waals surface area contributed by atoms with E-state index < -0.39 is 0 Å². The van der Waals surface area contributed by atoms with Crippen molar-refractivity contribution in [2.24, 2.45) is 0 Å². The Hall–Kier alpha value is -2.70. The Morgan fingerprint density at radius 1 is 1.23 bits per heavy atom. The number of benzene rings is 2. The van der Waals surface area contributed by atoms with Crippen LogP contribution in [0.2, 0.25) is 5.02 Å². The van der Waals surface area contributed by atoms with Crippen molar-refractivity contribution < 1.29 is 9.53 Å². The largest absolute Gasteiger partial charge is 0.379 e. The Kier molecular flexibility index (Phi) is 6.99. The molecule has 1 N–H and O–H groups in total. The fourth-order valence-electron chi connectivity index (χ4n) is 3.25. The van der Waals surface area contributed by atoms with E-state index in [1.54, 1.807) is 18.2 Å². The minimum absolute atomic E-state index is 0.178. The zero-order valence-electron chi connectivity index (χ0n) is 16.7. The van der Waals surface area contributed by atoms with Crippen molar-refractivity contribution in [1.82, 2.24) is 14.9 Å². The first kappa shape index (κ1) is 21.5. The van der Waals surface area contributed by atoms with Gasteiger partial charge in [-0.2, -0.15) is 5.26 Å². The van der Waals surface area contributed by atoms with E-state index in [0.29, 0.717) is 36.0 Å². The molecule has 0 saturated carbocycles. The van der Waals surface area contributed by atoms with Crippen LogP contribution in [0.4, 0.5) is 5.69 Å². The van der Waals surface area contributed by atoms with Gasteiger partial charge in [-0.05, 0) is 24.3 Å². The third-order valence-electron chi connectivity index (χ3n) is 4.80. The number of fused-ring (bicyclic) bond motifs is 1. The van der Waals surface area contributed by atoms with Gasteiger partial charge >= 0.3 is 0 Å². The fourth-order valence-corrected chi connectivity index (χ4v) is 4.31. The minimum atomic E-state index is -0.178. The number of halogens is 1. The minimum Gasteiger partial charge on any atom is -0.379 e. The molecule has 31 heavy (non-hydrogen) atoms. The van der Waals surface area contributed by atoms with Gasteiger partial charge < -0.3 is 10.1 Å². The molecule has 1 amide bonds. The van der Waals surface area contributed by atoms with Gasteiger partial charge in [0.2, 0.25) is 5.91 Å². The van der Waals surface area contributed by atoms with E-state index in [-0.39, 0.29) is 11.7 Å². The normalized spacial score (nSPS) is 14.3. The number of para-hydroxylation sites is 1. The summed E-state index contributed by atoms with van der Waals surface area (Å²) in [6.07, 6.45) is 0. The molecule has 1 aromatic heterocycles. The lowest BCUT2D eigenvalue weighted by atomic mass is 10.2. The summed E-state index contributed by atoms with van der Waals surface area (Å²) in [5, 5.41) is 13.8. The molecule has 1 aliphatic heterocycles. The maximum absolute atomic E-state index is 12.5. The van der Waals surface area contributed by atoms with Crippen molar-refractivity contribution in [3.63, 3.8) is 0 Å². The topological polar surface area (TPSA) is 91.1 Å². The number of carbonyl (C=O) groups is 1. The fraction of sp³-hybridized carbons (Fsp3) is 0.273. The van der Waals surface area contributed by atoms with Crippen molar-refractivity contribution in [3.05, 3.63) is 58.9 Å². The molecule has 9 heteroatoms. The highest BCUT2D eigenvalue weighted by atomic mass is 35.5. The van der Waals surface area contributed by atoms with E-state index in [1.807, 2.05) is 30.3 Å². The Labute approximate surface area is 189 Å². The van der Waals surface area contributed by atoms with Crippen LogP contribution in [0.3, 0.4) is 0 Å². The van der Waals surface area contributed by atoms with Gasteiger partial charge in [-0.25, -0.2) is 9.97 Å². The van der Waals surface area contributed by atoms with E-state index in [4.69, 9.17) is 31.6 Å². The van der Waals surface area contributed by atoms with Gasteiger partial charge in [0.25, 0.3) is 0 Å². The van der Waals surface area contributed by atoms with Crippen LogP contribution in [-0.4, -0.2) is 52.8 Å². The van der Waals surface area contributed by atoms with Crippen LogP contribution in [0.25, 0.3) is 10.9 Å². The van der Waals surface area contributed by atoms with Gasteiger partial charge in [-0.3, -0.25) is 9.69 Å². The number of nitrogens with one attached hydrogen (secondary N) is 1. The standard InChI is InChI=1S/C22H20ClN5O2S/c23-18-11-16(6-5-15(18)12-24)25-21(29)14-31-22-17-3-1-2-4-19(17)26-20(27-22)13-28-7-9-30-10-8-28/h1-6,11H,7-10,13-14H2,(H,25,29). The molecule has 2 aromatic carbocycles. The number of carbonyl (C=O) groups excluding carboxylic acids is 1. The van der Waals surface area contributed by atoms with Crippen molar-refractivity contribution in [1.29, 1.82) is 5.26 Å². The first-order valence-electron chi connectivity index (χ1n) is 9.80. The summed E-state index contributed by atoms with van der Waals surface area (Å²) in [4.78, 5) is 24.2. The summed E-state index contributed by atoms with van der Waals surface area (Å²) in [7, 11) is 0. The number of rotatable bonds is 6. The smallest absolute Gasteiger partial charge is 0.234 e. The van der Waals surface area contributed by atoms with Gasteiger partial charge in [0.05, 0.1) is 41.6 Å².